The van der Waals surface area contributed by atoms with Crippen molar-refractivity contribution < 1.29 is 9.53 Å². The van der Waals surface area contributed by atoms with Crippen LogP contribution in [-0.4, -0.2) is 25.9 Å². The molecule has 0 bridgehead atoms. The molecule has 0 aliphatic rings. The van der Waals surface area contributed by atoms with E-state index < -0.39 is 0 Å². The molecule has 0 saturated heterocycles. The molecule has 3 nitrogen and oxygen atoms in total. The minimum atomic E-state index is -0.327. The summed E-state index contributed by atoms with van der Waals surface area (Å²) in [4.78, 5) is 15.9. The van der Waals surface area contributed by atoms with Crippen molar-refractivity contribution in [1.82, 2.24) is 4.98 Å². The number of methoxy groups -OCH3 is 1. The Balaban J connectivity index is 2.48. The number of rotatable bonds is 2. The maximum atomic E-state index is 11.6. The molecule has 0 atom stereocenters. The van der Waals surface area contributed by atoms with Gasteiger partial charge in [-0.15, -0.1) is 0 Å². The summed E-state index contributed by atoms with van der Waals surface area (Å²) in [6.07, 6.45) is 1.81. The molecule has 1 aromatic heterocycles. The van der Waals surface area contributed by atoms with Gasteiger partial charge in [0.25, 0.3) is 0 Å². The molecule has 0 aliphatic heterocycles. The third-order valence-corrected chi connectivity index (χ3v) is 2.71. The van der Waals surface area contributed by atoms with Crippen LogP contribution in [0, 0.1) is 6.92 Å². The molecule has 0 fully saturated rings. The Kier molecular flexibility index (Phi) is 3.46. The molecule has 4 heteroatoms. The van der Waals surface area contributed by atoms with Crippen LogP contribution in [0.5, 0.6) is 0 Å². The van der Waals surface area contributed by atoms with Gasteiger partial charge in [-0.25, -0.2) is 4.79 Å². The summed E-state index contributed by atoms with van der Waals surface area (Å²) in [5.74, 6) is -0.327. The number of esters is 1. The van der Waals surface area contributed by atoms with Gasteiger partial charge in [0.05, 0.1) is 18.4 Å². The van der Waals surface area contributed by atoms with E-state index in [2.05, 4.69) is 4.98 Å². The van der Waals surface area contributed by atoms with Crippen LogP contribution in [0.1, 0.15) is 15.9 Å². The number of hydrogen-bond acceptors (Lipinski definition) is 3. The predicted octanol–water partition coefficient (Wildman–Crippen LogP) is 1.10. The van der Waals surface area contributed by atoms with E-state index in [0.29, 0.717) is 5.56 Å². The highest BCUT2D eigenvalue weighted by Gasteiger charge is 2.09. The fourth-order valence-corrected chi connectivity index (χ4v) is 1.81. The third-order valence-electron chi connectivity index (χ3n) is 2.71. The van der Waals surface area contributed by atoms with Crippen molar-refractivity contribution in [3.8, 4) is 11.3 Å². The predicted molar refractivity (Wildman–Crippen MR) is 73.9 cm³/mol. The summed E-state index contributed by atoms with van der Waals surface area (Å²) < 4.78 is 4.74. The van der Waals surface area contributed by atoms with E-state index >= 15 is 0 Å². The normalized spacial score (nSPS) is 10.1. The minimum Gasteiger partial charge on any atom is -0.465 e. The maximum Gasteiger partial charge on any atom is 0.337 e. The van der Waals surface area contributed by atoms with E-state index in [1.165, 1.54) is 7.11 Å². The average molecular weight is 239 g/mol. The maximum absolute atomic E-state index is 11.6. The summed E-state index contributed by atoms with van der Waals surface area (Å²) in [7, 11) is 3.33. The summed E-state index contributed by atoms with van der Waals surface area (Å²) in [5, 5.41) is 0. The minimum absolute atomic E-state index is 0.327. The second-order valence-corrected chi connectivity index (χ2v) is 4.30. The van der Waals surface area contributed by atoms with Crippen LogP contribution in [0.15, 0.2) is 36.5 Å². The van der Waals surface area contributed by atoms with Crippen LogP contribution in [0.25, 0.3) is 11.3 Å². The first kappa shape index (κ1) is 12.4. The highest BCUT2D eigenvalue weighted by Crippen LogP contribution is 2.17. The molecule has 0 aliphatic carbocycles. The lowest BCUT2D eigenvalue weighted by Gasteiger charge is -2.06. The molecule has 18 heavy (non-hydrogen) atoms. The average Bonchev–Trinajstić information content (AvgIpc) is 2.38. The quantitative estimate of drug-likeness (QED) is 0.582. The molecule has 0 amide bonds. The lowest BCUT2D eigenvalue weighted by molar-refractivity contribution is 0.0601. The monoisotopic (exact) mass is 239 g/mol. The number of aromatic nitrogens is 1. The highest BCUT2D eigenvalue weighted by atomic mass is 16.5. The van der Waals surface area contributed by atoms with Gasteiger partial charge in [0.15, 0.2) is 0 Å². The van der Waals surface area contributed by atoms with Crippen LogP contribution in [0.2, 0.25) is 0 Å². The number of carbonyl (C=O) groups excluding carboxylic acids is 1. The Morgan fingerprint density at radius 3 is 2.67 bits per heavy atom. The first-order chi connectivity index (χ1) is 8.60. The van der Waals surface area contributed by atoms with Gasteiger partial charge in [0, 0.05) is 11.8 Å². The SMILES string of the molecule is Bc1cc(C(=O)OC)cc(-c2ccc(C)cn2)c1. The van der Waals surface area contributed by atoms with Crippen LogP contribution >= 0.6 is 0 Å². The Bertz CT molecular complexity index is 579. The second kappa shape index (κ2) is 5.04. The number of ether oxygens (including phenoxy) is 1. The fourth-order valence-electron chi connectivity index (χ4n) is 1.81. The van der Waals surface area contributed by atoms with E-state index in [1.54, 1.807) is 6.07 Å². The van der Waals surface area contributed by atoms with Crippen molar-refractivity contribution in [2.75, 3.05) is 7.11 Å². The van der Waals surface area contributed by atoms with Gasteiger partial charge >= 0.3 is 5.97 Å². The van der Waals surface area contributed by atoms with Crippen molar-refractivity contribution >= 4 is 19.3 Å². The smallest absolute Gasteiger partial charge is 0.337 e. The zero-order valence-electron chi connectivity index (χ0n) is 10.7. The second-order valence-electron chi connectivity index (χ2n) is 4.30. The third kappa shape index (κ3) is 2.59. The number of pyridine rings is 1. The standard InChI is InChI=1S/C14H14BNO2/c1-9-3-4-13(16-8-9)10-5-11(14(17)18-2)7-12(15)6-10/h3-8H,15H2,1-2H3. The molecule has 0 N–H and O–H groups in total. The van der Waals surface area contributed by atoms with E-state index in [1.807, 2.05) is 45.2 Å². The summed E-state index contributed by atoms with van der Waals surface area (Å²) in [6, 6.07) is 9.57. The number of benzene rings is 1. The van der Waals surface area contributed by atoms with Gasteiger partial charge in [-0.3, -0.25) is 4.98 Å². The first-order valence-electron chi connectivity index (χ1n) is 5.73. The molecule has 2 rings (SSSR count). The van der Waals surface area contributed by atoms with Crippen LogP contribution in [0.3, 0.4) is 0 Å². The van der Waals surface area contributed by atoms with Crippen molar-refractivity contribution in [2.24, 2.45) is 0 Å². The Morgan fingerprint density at radius 1 is 1.28 bits per heavy atom. The van der Waals surface area contributed by atoms with E-state index in [0.717, 1.165) is 22.3 Å². The lowest BCUT2D eigenvalue weighted by Crippen LogP contribution is -2.09. The number of nitrogens with zero attached hydrogens (tertiary/aromatic N) is 1. The van der Waals surface area contributed by atoms with Gasteiger partial charge in [-0.1, -0.05) is 23.7 Å². The molecule has 2 aromatic rings. The molecule has 0 unspecified atom stereocenters. The van der Waals surface area contributed by atoms with Gasteiger partial charge in [-0.05, 0) is 24.6 Å². The zero-order chi connectivity index (χ0) is 13.1. The highest BCUT2D eigenvalue weighted by molar-refractivity contribution is 6.33. The van der Waals surface area contributed by atoms with Crippen molar-refractivity contribution in [3.05, 3.63) is 47.7 Å². The molecule has 0 spiro atoms. The van der Waals surface area contributed by atoms with E-state index in [4.69, 9.17) is 4.74 Å². The van der Waals surface area contributed by atoms with E-state index in [-0.39, 0.29) is 5.97 Å². The molecular formula is C14H14BNO2. The van der Waals surface area contributed by atoms with Crippen molar-refractivity contribution in [1.29, 1.82) is 0 Å². The molecule has 1 heterocycles. The van der Waals surface area contributed by atoms with Crippen LogP contribution in [-0.2, 0) is 4.74 Å². The zero-order valence-corrected chi connectivity index (χ0v) is 10.7. The summed E-state index contributed by atoms with van der Waals surface area (Å²) >= 11 is 0. The first-order valence-corrected chi connectivity index (χ1v) is 5.73. The fraction of sp³-hybridized carbons (Fsp3) is 0.143. The largest absolute Gasteiger partial charge is 0.465 e. The lowest BCUT2D eigenvalue weighted by atomic mass is 9.91. The summed E-state index contributed by atoms with van der Waals surface area (Å²) in [6.45, 7) is 1.99. The van der Waals surface area contributed by atoms with Gasteiger partial charge < -0.3 is 4.74 Å². The van der Waals surface area contributed by atoms with Crippen LogP contribution < -0.4 is 5.46 Å². The molecule has 0 saturated carbocycles. The Morgan fingerprint density at radius 2 is 2.06 bits per heavy atom. The van der Waals surface area contributed by atoms with Crippen molar-refractivity contribution in [3.63, 3.8) is 0 Å². The number of hydrogen-bond donors (Lipinski definition) is 0. The molecule has 0 radical (unpaired) electrons. The topological polar surface area (TPSA) is 39.2 Å². The number of aryl methyl sites for hydroxylation is 1. The van der Waals surface area contributed by atoms with Crippen LogP contribution in [0.4, 0.5) is 0 Å². The Labute approximate surface area is 107 Å². The summed E-state index contributed by atoms with van der Waals surface area (Å²) in [5.41, 5.74) is 4.45. The van der Waals surface area contributed by atoms with E-state index in [9.17, 15) is 4.79 Å². The van der Waals surface area contributed by atoms with Gasteiger partial charge in [-0.2, -0.15) is 0 Å². The number of carbonyl (C=O) groups is 1. The molecular weight excluding hydrogens is 225 g/mol. The molecule has 90 valence electrons. The van der Waals surface area contributed by atoms with Gasteiger partial charge in [0.2, 0.25) is 0 Å². The van der Waals surface area contributed by atoms with Gasteiger partial charge in [0.1, 0.15) is 7.85 Å². The molecule has 1 aromatic carbocycles. The van der Waals surface area contributed by atoms with Crippen molar-refractivity contribution in [2.45, 2.75) is 6.92 Å². The Hall–Kier alpha value is -2.10.